The van der Waals surface area contributed by atoms with Gasteiger partial charge in [-0.3, -0.25) is 19.5 Å². The van der Waals surface area contributed by atoms with Crippen molar-refractivity contribution in [2.75, 3.05) is 24.6 Å². The largest absolute Gasteiger partial charge is 0.455 e. The molecule has 2 N–H and O–H groups in total. The Bertz CT molecular complexity index is 1430. The smallest absolute Gasteiger partial charge is 0.308 e. The van der Waals surface area contributed by atoms with Crippen LogP contribution in [0.15, 0.2) is 47.8 Å². The summed E-state index contributed by atoms with van der Waals surface area (Å²) in [6.45, 7) is 2.25. The highest BCUT2D eigenvalue weighted by Crippen LogP contribution is 2.32. The van der Waals surface area contributed by atoms with E-state index in [1.165, 1.54) is 0 Å². The summed E-state index contributed by atoms with van der Waals surface area (Å²) in [6, 6.07) is 13.2. The quantitative estimate of drug-likeness (QED) is 0.385. The Morgan fingerprint density at radius 1 is 1.20 bits per heavy atom. The number of aromatic nitrogens is 3. The van der Waals surface area contributed by atoms with E-state index in [9.17, 15) is 14.4 Å². The van der Waals surface area contributed by atoms with Crippen LogP contribution < -0.4 is 10.2 Å². The first-order valence-corrected chi connectivity index (χ1v) is 12.1. The molecule has 2 amide bonds. The fourth-order valence-corrected chi connectivity index (χ4v) is 4.73. The van der Waals surface area contributed by atoms with Crippen molar-refractivity contribution < 1.29 is 19.1 Å². The Kier molecular flexibility index (Phi) is 6.28. The van der Waals surface area contributed by atoms with Crippen molar-refractivity contribution in [2.24, 2.45) is 0 Å². The highest BCUT2D eigenvalue weighted by atomic mass is 32.1. The van der Waals surface area contributed by atoms with Crippen LogP contribution in [0.3, 0.4) is 0 Å². The van der Waals surface area contributed by atoms with Gasteiger partial charge >= 0.3 is 5.97 Å². The average molecular weight is 490 g/mol. The number of hydrogen-bond acceptors (Lipinski definition) is 7. The number of esters is 1. The van der Waals surface area contributed by atoms with Crippen LogP contribution in [0.2, 0.25) is 0 Å². The molecule has 0 atom stereocenters. The average Bonchev–Trinajstić information content (AvgIpc) is 3.60. The Morgan fingerprint density at radius 3 is 2.89 bits per heavy atom. The molecule has 1 aliphatic rings. The first kappa shape index (κ1) is 22.7. The van der Waals surface area contributed by atoms with Gasteiger partial charge in [0.2, 0.25) is 0 Å². The second-order valence-corrected chi connectivity index (χ2v) is 9.24. The molecule has 2 aromatic heterocycles. The number of anilines is 1. The zero-order valence-corrected chi connectivity index (χ0v) is 19.9. The molecule has 2 aromatic carbocycles. The van der Waals surface area contributed by atoms with E-state index in [-0.39, 0.29) is 37.1 Å². The normalized spacial score (nSPS) is 12.5. The van der Waals surface area contributed by atoms with Crippen LogP contribution in [-0.4, -0.2) is 52.7 Å². The highest BCUT2D eigenvalue weighted by Gasteiger charge is 2.26. The van der Waals surface area contributed by atoms with Gasteiger partial charge in [0.05, 0.1) is 22.6 Å². The van der Waals surface area contributed by atoms with E-state index in [1.807, 2.05) is 42.6 Å². The molecule has 0 saturated heterocycles. The molecule has 5 rings (SSSR count). The monoisotopic (exact) mass is 489 g/mol. The van der Waals surface area contributed by atoms with Gasteiger partial charge < -0.3 is 15.0 Å². The topological polar surface area (TPSA) is 117 Å². The summed E-state index contributed by atoms with van der Waals surface area (Å²) in [5.41, 5.74) is 4.89. The Hall–Kier alpha value is -4.05. The molecule has 0 spiro atoms. The molecule has 0 aliphatic carbocycles. The SMILES string of the molecule is Cc1nc(-c2ccc3c(c2)CCN3C(=O)COC(=O)CCNC(=O)c2n[nH]c3ccccc23)cs1. The number of benzene rings is 2. The number of carbonyl (C=O) groups excluding carboxylic acids is 3. The number of thiazole rings is 1. The third-order valence-corrected chi connectivity index (χ3v) is 6.62. The molecule has 0 saturated carbocycles. The summed E-state index contributed by atoms with van der Waals surface area (Å²) in [7, 11) is 0. The maximum atomic E-state index is 12.7. The third-order valence-electron chi connectivity index (χ3n) is 5.85. The lowest BCUT2D eigenvalue weighted by Gasteiger charge is -2.17. The second kappa shape index (κ2) is 9.67. The molecule has 10 heteroatoms. The van der Waals surface area contributed by atoms with Gasteiger partial charge in [-0.1, -0.05) is 24.3 Å². The van der Waals surface area contributed by atoms with E-state index in [1.54, 1.807) is 22.3 Å². The molecule has 0 radical (unpaired) electrons. The molecule has 4 aromatic rings. The minimum absolute atomic E-state index is 0.0472. The molecule has 9 nitrogen and oxygen atoms in total. The number of aryl methyl sites for hydroxylation is 1. The first-order valence-electron chi connectivity index (χ1n) is 11.2. The van der Waals surface area contributed by atoms with Crippen molar-refractivity contribution >= 4 is 45.7 Å². The summed E-state index contributed by atoms with van der Waals surface area (Å²) in [6.07, 6.45) is 0.689. The maximum Gasteiger partial charge on any atom is 0.308 e. The van der Waals surface area contributed by atoms with Crippen molar-refractivity contribution in [3.8, 4) is 11.3 Å². The number of H-pyrrole nitrogens is 1. The molecule has 1 aliphatic heterocycles. The molecule has 178 valence electrons. The van der Waals surface area contributed by atoms with Gasteiger partial charge in [-0.05, 0) is 37.1 Å². The predicted octanol–water partition coefficient (Wildman–Crippen LogP) is 3.25. The fourth-order valence-electron chi connectivity index (χ4n) is 4.11. The number of nitrogens with one attached hydrogen (secondary N) is 2. The Balaban J connectivity index is 1.10. The summed E-state index contributed by atoms with van der Waals surface area (Å²) in [4.78, 5) is 43.3. The zero-order valence-electron chi connectivity index (χ0n) is 19.0. The van der Waals surface area contributed by atoms with Gasteiger partial charge in [0, 0.05) is 35.1 Å². The lowest BCUT2D eigenvalue weighted by molar-refractivity contribution is -0.147. The number of carbonyl (C=O) groups is 3. The zero-order chi connectivity index (χ0) is 24.4. The fraction of sp³-hybridized carbons (Fsp3) is 0.240. The van der Waals surface area contributed by atoms with Crippen LogP contribution in [0.1, 0.15) is 27.5 Å². The van der Waals surface area contributed by atoms with Gasteiger partial charge in [0.1, 0.15) is 0 Å². The lowest BCUT2D eigenvalue weighted by Crippen LogP contribution is -2.33. The van der Waals surface area contributed by atoms with Crippen LogP contribution in [0.25, 0.3) is 22.2 Å². The molecular weight excluding hydrogens is 466 g/mol. The van der Waals surface area contributed by atoms with Crippen molar-refractivity contribution in [1.82, 2.24) is 20.5 Å². The minimum atomic E-state index is -0.556. The highest BCUT2D eigenvalue weighted by molar-refractivity contribution is 7.09. The van der Waals surface area contributed by atoms with Gasteiger partial charge in [0.15, 0.2) is 12.3 Å². The molecule has 0 fully saturated rings. The van der Waals surface area contributed by atoms with Crippen molar-refractivity contribution in [2.45, 2.75) is 19.8 Å². The second-order valence-electron chi connectivity index (χ2n) is 8.18. The number of rotatable bonds is 7. The van der Waals surface area contributed by atoms with E-state index in [0.717, 1.165) is 39.5 Å². The Labute approximate surface area is 205 Å². The number of hydrogen-bond donors (Lipinski definition) is 2. The standard InChI is InChI=1S/C25H23N5O4S/c1-15-27-20(14-35-15)16-6-7-21-17(12-16)9-11-30(21)22(31)13-34-23(32)8-10-26-25(33)24-18-4-2-3-5-19(18)28-29-24/h2-7,12,14H,8-11,13H2,1H3,(H,26,33)(H,28,29). The van der Waals surface area contributed by atoms with Crippen LogP contribution >= 0.6 is 11.3 Å². The van der Waals surface area contributed by atoms with E-state index in [0.29, 0.717) is 11.9 Å². The number of fused-ring (bicyclic) bond motifs is 2. The van der Waals surface area contributed by atoms with Gasteiger partial charge in [-0.15, -0.1) is 11.3 Å². The first-order chi connectivity index (χ1) is 17.0. The van der Waals surface area contributed by atoms with Crippen molar-refractivity contribution in [3.63, 3.8) is 0 Å². The van der Waals surface area contributed by atoms with Crippen LogP contribution in [-0.2, 0) is 20.7 Å². The van der Waals surface area contributed by atoms with E-state index >= 15 is 0 Å². The van der Waals surface area contributed by atoms with E-state index < -0.39 is 5.97 Å². The molecule has 0 unspecified atom stereocenters. The summed E-state index contributed by atoms with van der Waals surface area (Å²) in [5.74, 6) is -1.22. The minimum Gasteiger partial charge on any atom is -0.455 e. The number of nitrogens with zero attached hydrogens (tertiary/aromatic N) is 3. The van der Waals surface area contributed by atoms with E-state index in [2.05, 4.69) is 26.6 Å². The van der Waals surface area contributed by atoms with Crippen LogP contribution in [0, 0.1) is 6.92 Å². The molecule has 3 heterocycles. The summed E-state index contributed by atoms with van der Waals surface area (Å²) >= 11 is 1.60. The number of amides is 2. The van der Waals surface area contributed by atoms with Crippen LogP contribution in [0.5, 0.6) is 0 Å². The van der Waals surface area contributed by atoms with Gasteiger partial charge in [0.25, 0.3) is 11.8 Å². The molecular formula is C25H23N5O4S. The van der Waals surface area contributed by atoms with Crippen molar-refractivity contribution in [1.29, 1.82) is 0 Å². The maximum absolute atomic E-state index is 12.7. The molecule has 0 bridgehead atoms. The van der Waals surface area contributed by atoms with Gasteiger partial charge in [-0.25, -0.2) is 4.98 Å². The van der Waals surface area contributed by atoms with E-state index in [4.69, 9.17) is 4.74 Å². The third kappa shape index (κ3) is 4.78. The number of ether oxygens (including phenoxy) is 1. The molecule has 35 heavy (non-hydrogen) atoms. The summed E-state index contributed by atoms with van der Waals surface area (Å²) in [5, 5.41) is 13.2. The number of aromatic amines is 1. The predicted molar refractivity (Wildman–Crippen MR) is 132 cm³/mol. The van der Waals surface area contributed by atoms with Crippen molar-refractivity contribution in [3.05, 3.63) is 64.1 Å². The summed E-state index contributed by atoms with van der Waals surface area (Å²) < 4.78 is 5.16. The van der Waals surface area contributed by atoms with Gasteiger partial charge in [-0.2, -0.15) is 5.10 Å². The lowest BCUT2D eigenvalue weighted by atomic mass is 10.1. The van der Waals surface area contributed by atoms with Crippen LogP contribution in [0.4, 0.5) is 5.69 Å². The number of para-hydroxylation sites is 1. The Morgan fingerprint density at radius 2 is 2.06 bits per heavy atom.